The Hall–Kier alpha value is -3.86. The first-order valence-electron chi connectivity index (χ1n) is 8.65. The number of fused-ring (bicyclic) bond motifs is 1. The first-order valence-corrected chi connectivity index (χ1v) is 8.65. The number of imidazole rings is 1. The molecule has 0 radical (unpaired) electrons. The molecule has 128 valence electrons. The largest absolute Gasteiger partial charge is 0.289 e. The molecule has 5 heteroatoms. The molecule has 0 atom stereocenters. The number of pyridine rings is 1. The highest BCUT2D eigenvalue weighted by molar-refractivity contribution is 5.87. The zero-order chi connectivity index (χ0) is 18.1. The maximum atomic E-state index is 4.82. The normalized spacial score (nSPS) is 11.0. The van der Waals surface area contributed by atoms with E-state index in [0.717, 1.165) is 33.5 Å². The molecular weight excluding hydrogens is 334 g/mol. The zero-order valence-electron chi connectivity index (χ0n) is 14.4. The lowest BCUT2D eigenvalue weighted by Crippen LogP contribution is -2.00. The highest BCUT2D eigenvalue weighted by Crippen LogP contribution is 2.25. The van der Waals surface area contributed by atoms with Crippen molar-refractivity contribution >= 4 is 10.9 Å². The van der Waals surface area contributed by atoms with Crippen molar-refractivity contribution in [2.24, 2.45) is 0 Å². The van der Waals surface area contributed by atoms with E-state index in [4.69, 9.17) is 9.97 Å². The Kier molecular flexibility index (Phi) is 3.68. The first-order chi connectivity index (χ1) is 13.4. The summed E-state index contributed by atoms with van der Waals surface area (Å²) >= 11 is 0. The summed E-state index contributed by atoms with van der Waals surface area (Å²) in [4.78, 5) is 18.3. The fourth-order valence-electron chi connectivity index (χ4n) is 3.08. The van der Waals surface area contributed by atoms with E-state index in [1.807, 2.05) is 77.5 Å². The second-order valence-corrected chi connectivity index (χ2v) is 6.16. The predicted octanol–water partition coefficient (Wildman–Crippen LogP) is 4.54. The maximum absolute atomic E-state index is 4.82. The topological polar surface area (TPSA) is 56.5 Å². The quantitative estimate of drug-likeness (QED) is 0.480. The number of hydrogen-bond donors (Lipinski definition) is 0. The van der Waals surface area contributed by atoms with Gasteiger partial charge in [0.2, 0.25) is 0 Å². The number of para-hydroxylation sites is 1. The molecule has 0 unspecified atom stereocenters. The van der Waals surface area contributed by atoms with E-state index in [2.05, 4.69) is 9.97 Å². The molecule has 2 aromatic carbocycles. The van der Waals surface area contributed by atoms with Crippen LogP contribution in [0.4, 0.5) is 0 Å². The van der Waals surface area contributed by atoms with Crippen LogP contribution in [0.5, 0.6) is 0 Å². The Morgan fingerprint density at radius 3 is 2.41 bits per heavy atom. The summed E-state index contributed by atoms with van der Waals surface area (Å²) in [6, 6.07) is 22.0. The zero-order valence-corrected chi connectivity index (χ0v) is 14.4. The summed E-state index contributed by atoms with van der Waals surface area (Å²) in [6.07, 6.45) is 7.31. The van der Waals surface area contributed by atoms with Crippen molar-refractivity contribution in [2.75, 3.05) is 0 Å². The minimum absolute atomic E-state index is 0.645. The molecule has 0 spiro atoms. The SMILES string of the molecule is c1ccc(-c2cn(-c3nc(-c4cccnc4)nc4ccccc34)cn2)cc1. The third-order valence-corrected chi connectivity index (χ3v) is 4.40. The number of rotatable bonds is 3. The number of aromatic nitrogens is 5. The molecular formula is C22H15N5. The Morgan fingerprint density at radius 1 is 0.741 bits per heavy atom. The molecule has 0 amide bonds. The number of hydrogen-bond acceptors (Lipinski definition) is 4. The van der Waals surface area contributed by atoms with E-state index in [0.29, 0.717) is 5.82 Å². The molecule has 0 saturated carbocycles. The molecule has 0 aliphatic carbocycles. The standard InChI is InChI=1S/C22H15N5/c1-2-7-16(8-3-1)20-14-27(15-24-20)22-18-10-4-5-11-19(18)25-21(26-22)17-9-6-12-23-13-17/h1-15H. The monoisotopic (exact) mass is 349 g/mol. The fourth-order valence-corrected chi connectivity index (χ4v) is 3.08. The van der Waals surface area contributed by atoms with Crippen LogP contribution in [0.25, 0.3) is 39.4 Å². The van der Waals surface area contributed by atoms with Gasteiger partial charge in [-0.2, -0.15) is 0 Å². The van der Waals surface area contributed by atoms with Crippen LogP contribution in [-0.2, 0) is 0 Å². The second-order valence-electron chi connectivity index (χ2n) is 6.16. The number of benzene rings is 2. The highest BCUT2D eigenvalue weighted by Gasteiger charge is 2.12. The van der Waals surface area contributed by atoms with Gasteiger partial charge in [0.05, 0.1) is 11.2 Å². The average molecular weight is 349 g/mol. The van der Waals surface area contributed by atoms with E-state index < -0.39 is 0 Å². The lowest BCUT2D eigenvalue weighted by atomic mass is 10.2. The third kappa shape index (κ3) is 2.85. The van der Waals surface area contributed by atoms with Crippen molar-refractivity contribution in [3.8, 4) is 28.5 Å². The van der Waals surface area contributed by atoms with E-state index in [9.17, 15) is 0 Å². The van der Waals surface area contributed by atoms with Gasteiger partial charge in [-0.05, 0) is 24.3 Å². The maximum Gasteiger partial charge on any atom is 0.163 e. The molecule has 5 rings (SSSR count). The van der Waals surface area contributed by atoms with E-state index in [1.165, 1.54) is 0 Å². The predicted molar refractivity (Wildman–Crippen MR) is 105 cm³/mol. The van der Waals surface area contributed by atoms with Gasteiger partial charge in [-0.25, -0.2) is 15.0 Å². The lowest BCUT2D eigenvalue weighted by Gasteiger charge is -2.09. The summed E-state index contributed by atoms with van der Waals surface area (Å²) in [6.45, 7) is 0. The Bertz CT molecular complexity index is 1210. The van der Waals surface area contributed by atoms with Crippen LogP contribution < -0.4 is 0 Å². The van der Waals surface area contributed by atoms with Crippen molar-refractivity contribution in [1.29, 1.82) is 0 Å². The molecule has 0 saturated heterocycles. The summed E-state index contributed by atoms with van der Waals surface area (Å²) in [5, 5.41) is 0.974. The van der Waals surface area contributed by atoms with Crippen LogP contribution >= 0.6 is 0 Å². The van der Waals surface area contributed by atoms with Crippen LogP contribution in [-0.4, -0.2) is 24.5 Å². The smallest absolute Gasteiger partial charge is 0.163 e. The van der Waals surface area contributed by atoms with Gasteiger partial charge in [-0.1, -0.05) is 42.5 Å². The highest BCUT2D eigenvalue weighted by atomic mass is 15.1. The molecule has 3 aromatic heterocycles. The minimum Gasteiger partial charge on any atom is -0.289 e. The Balaban J connectivity index is 1.70. The molecule has 27 heavy (non-hydrogen) atoms. The van der Waals surface area contributed by atoms with Crippen LogP contribution in [0.3, 0.4) is 0 Å². The molecule has 0 aliphatic rings. The van der Waals surface area contributed by atoms with Crippen molar-refractivity contribution in [3.63, 3.8) is 0 Å². The van der Waals surface area contributed by atoms with Gasteiger partial charge in [0.1, 0.15) is 12.1 Å². The molecule has 0 N–H and O–H groups in total. The molecule has 5 nitrogen and oxygen atoms in total. The molecule has 0 fully saturated rings. The van der Waals surface area contributed by atoms with Gasteiger partial charge in [0, 0.05) is 35.1 Å². The molecule has 5 aromatic rings. The van der Waals surface area contributed by atoms with Gasteiger partial charge in [0.15, 0.2) is 5.82 Å². The van der Waals surface area contributed by atoms with E-state index in [-0.39, 0.29) is 0 Å². The van der Waals surface area contributed by atoms with Gasteiger partial charge in [0.25, 0.3) is 0 Å². The van der Waals surface area contributed by atoms with Crippen molar-refractivity contribution in [1.82, 2.24) is 24.5 Å². The van der Waals surface area contributed by atoms with Crippen molar-refractivity contribution in [2.45, 2.75) is 0 Å². The van der Waals surface area contributed by atoms with Crippen LogP contribution in [0.1, 0.15) is 0 Å². The first kappa shape index (κ1) is 15.4. The Morgan fingerprint density at radius 2 is 1.56 bits per heavy atom. The van der Waals surface area contributed by atoms with Crippen LogP contribution in [0.15, 0.2) is 91.6 Å². The van der Waals surface area contributed by atoms with Gasteiger partial charge in [-0.3, -0.25) is 9.55 Å². The van der Waals surface area contributed by atoms with Gasteiger partial charge < -0.3 is 0 Å². The lowest BCUT2D eigenvalue weighted by molar-refractivity contribution is 0.996. The summed E-state index contributed by atoms with van der Waals surface area (Å²) in [5.41, 5.74) is 3.74. The summed E-state index contributed by atoms with van der Waals surface area (Å²) in [7, 11) is 0. The van der Waals surface area contributed by atoms with E-state index >= 15 is 0 Å². The molecule has 0 bridgehead atoms. The summed E-state index contributed by atoms with van der Waals surface area (Å²) in [5.74, 6) is 1.45. The fraction of sp³-hybridized carbons (Fsp3) is 0. The van der Waals surface area contributed by atoms with Gasteiger partial charge in [-0.15, -0.1) is 0 Å². The van der Waals surface area contributed by atoms with Crippen LogP contribution in [0.2, 0.25) is 0 Å². The summed E-state index contributed by atoms with van der Waals surface area (Å²) < 4.78 is 1.95. The Labute approximate surface area is 156 Å². The van der Waals surface area contributed by atoms with E-state index in [1.54, 1.807) is 18.7 Å². The van der Waals surface area contributed by atoms with Crippen molar-refractivity contribution < 1.29 is 0 Å². The van der Waals surface area contributed by atoms with Crippen molar-refractivity contribution in [3.05, 3.63) is 91.6 Å². The second kappa shape index (κ2) is 6.46. The third-order valence-electron chi connectivity index (χ3n) is 4.40. The minimum atomic E-state index is 0.645. The van der Waals surface area contributed by atoms with Gasteiger partial charge >= 0.3 is 0 Å². The molecule has 3 heterocycles. The average Bonchev–Trinajstić information content (AvgIpc) is 3.24. The molecule has 0 aliphatic heterocycles. The van der Waals surface area contributed by atoms with Crippen LogP contribution in [0, 0.1) is 0 Å². The number of nitrogens with zero attached hydrogens (tertiary/aromatic N) is 5.